The molecule has 0 aliphatic carbocycles. The molecule has 4 heteroatoms. The van der Waals surface area contributed by atoms with Crippen LogP contribution in [-0.2, 0) is 12.8 Å². The Morgan fingerprint density at radius 1 is 0.871 bits per heavy atom. The fourth-order valence-electron chi connectivity index (χ4n) is 3.94. The van der Waals surface area contributed by atoms with Crippen LogP contribution in [0.5, 0.6) is 0 Å². The zero-order valence-electron chi connectivity index (χ0n) is 18.2. The Morgan fingerprint density at radius 2 is 1.45 bits per heavy atom. The average molecular weight is 450 g/mol. The van der Waals surface area contributed by atoms with Gasteiger partial charge in [-0.05, 0) is 62.4 Å². The molecule has 31 heavy (non-hydrogen) atoms. The molecule has 3 aromatic rings. The number of benzene rings is 3. The van der Waals surface area contributed by atoms with Gasteiger partial charge in [0.25, 0.3) is 5.91 Å². The standard InChI is InChI=1S/C27H31NOS2/c1-20(17-18-22-11-5-3-6-12-22)28(27(29)23-13-7-4-8-14-23)21(2)26(31)19-24-15-9-10-16-25(24)30/h3-16,20-21,26,30-31H,17-19H2,1-2H3. The Labute approximate surface area is 197 Å². The molecule has 3 atom stereocenters. The number of hydrogen-bond acceptors (Lipinski definition) is 3. The third kappa shape index (κ3) is 6.41. The summed E-state index contributed by atoms with van der Waals surface area (Å²) in [6.45, 7) is 4.26. The molecule has 3 unspecified atom stereocenters. The minimum Gasteiger partial charge on any atom is -0.332 e. The summed E-state index contributed by atoms with van der Waals surface area (Å²) >= 11 is 9.53. The highest BCUT2D eigenvalue weighted by molar-refractivity contribution is 7.81. The molecular weight excluding hydrogens is 418 g/mol. The lowest BCUT2D eigenvalue weighted by Crippen LogP contribution is -2.49. The maximum Gasteiger partial charge on any atom is 0.254 e. The molecule has 0 radical (unpaired) electrons. The van der Waals surface area contributed by atoms with E-state index in [1.165, 1.54) is 5.56 Å². The van der Waals surface area contributed by atoms with E-state index in [2.05, 4.69) is 56.8 Å². The predicted octanol–water partition coefficient (Wildman–Crippen LogP) is 6.37. The Balaban J connectivity index is 1.80. The van der Waals surface area contributed by atoms with Crippen LogP contribution in [0.15, 0.2) is 89.8 Å². The lowest BCUT2D eigenvalue weighted by molar-refractivity contribution is 0.0595. The molecule has 0 saturated heterocycles. The van der Waals surface area contributed by atoms with Gasteiger partial charge in [0.15, 0.2) is 0 Å². The van der Waals surface area contributed by atoms with E-state index in [0.29, 0.717) is 0 Å². The van der Waals surface area contributed by atoms with E-state index < -0.39 is 0 Å². The van der Waals surface area contributed by atoms with Gasteiger partial charge in [-0.1, -0.05) is 66.7 Å². The van der Waals surface area contributed by atoms with Crippen molar-refractivity contribution in [3.8, 4) is 0 Å². The van der Waals surface area contributed by atoms with Gasteiger partial charge in [0.1, 0.15) is 0 Å². The van der Waals surface area contributed by atoms with Crippen LogP contribution in [0.1, 0.15) is 41.8 Å². The summed E-state index contributed by atoms with van der Waals surface area (Å²) in [7, 11) is 0. The Morgan fingerprint density at radius 3 is 2.10 bits per heavy atom. The van der Waals surface area contributed by atoms with Crippen LogP contribution in [0.3, 0.4) is 0 Å². The number of carbonyl (C=O) groups is 1. The van der Waals surface area contributed by atoms with Gasteiger partial charge in [-0.2, -0.15) is 12.6 Å². The summed E-state index contributed by atoms with van der Waals surface area (Å²) in [5.41, 5.74) is 3.17. The molecule has 2 nitrogen and oxygen atoms in total. The van der Waals surface area contributed by atoms with Crippen LogP contribution in [-0.4, -0.2) is 28.1 Å². The van der Waals surface area contributed by atoms with Gasteiger partial charge in [0, 0.05) is 27.8 Å². The normalized spacial score (nSPS) is 13.9. The van der Waals surface area contributed by atoms with Crippen LogP contribution in [0.25, 0.3) is 0 Å². The summed E-state index contributed by atoms with van der Waals surface area (Å²) < 4.78 is 0. The van der Waals surface area contributed by atoms with Crippen LogP contribution < -0.4 is 0 Å². The Kier molecular flexibility index (Phi) is 8.68. The number of rotatable bonds is 9. The number of carbonyl (C=O) groups excluding carboxylic acids is 1. The number of hydrogen-bond donors (Lipinski definition) is 2. The largest absolute Gasteiger partial charge is 0.332 e. The second-order valence-corrected chi connectivity index (χ2v) is 9.24. The monoisotopic (exact) mass is 449 g/mol. The molecule has 0 bridgehead atoms. The third-order valence-electron chi connectivity index (χ3n) is 5.84. The highest BCUT2D eigenvalue weighted by Crippen LogP contribution is 2.24. The van der Waals surface area contributed by atoms with E-state index in [4.69, 9.17) is 12.6 Å². The van der Waals surface area contributed by atoms with Crippen molar-refractivity contribution in [2.24, 2.45) is 0 Å². The van der Waals surface area contributed by atoms with Crippen LogP contribution >= 0.6 is 25.3 Å². The molecular formula is C27H31NOS2. The molecule has 0 aromatic heterocycles. The van der Waals surface area contributed by atoms with Crippen molar-refractivity contribution in [3.63, 3.8) is 0 Å². The van der Waals surface area contributed by atoms with E-state index in [1.807, 2.05) is 59.5 Å². The van der Waals surface area contributed by atoms with Gasteiger partial charge in [-0.3, -0.25) is 4.79 Å². The number of thiol groups is 2. The molecule has 162 valence electrons. The van der Waals surface area contributed by atoms with Crippen LogP contribution in [0, 0.1) is 0 Å². The van der Waals surface area contributed by atoms with Crippen molar-refractivity contribution in [2.75, 3.05) is 0 Å². The van der Waals surface area contributed by atoms with E-state index >= 15 is 0 Å². The molecule has 0 saturated carbocycles. The first kappa shape index (κ1) is 23.5. The fourth-order valence-corrected chi connectivity index (χ4v) is 4.53. The van der Waals surface area contributed by atoms with Gasteiger partial charge in [0.2, 0.25) is 0 Å². The van der Waals surface area contributed by atoms with Gasteiger partial charge < -0.3 is 4.90 Å². The van der Waals surface area contributed by atoms with Crippen molar-refractivity contribution in [1.29, 1.82) is 0 Å². The minimum atomic E-state index is -0.0326. The van der Waals surface area contributed by atoms with Gasteiger partial charge in [-0.25, -0.2) is 0 Å². The maximum absolute atomic E-state index is 13.5. The summed E-state index contributed by atoms with van der Waals surface area (Å²) in [5.74, 6) is 0.0619. The zero-order chi connectivity index (χ0) is 22.2. The highest BCUT2D eigenvalue weighted by atomic mass is 32.1. The predicted molar refractivity (Wildman–Crippen MR) is 136 cm³/mol. The highest BCUT2D eigenvalue weighted by Gasteiger charge is 2.30. The first-order chi connectivity index (χ1) is 15.0. The van der Waals surface area contributed by atoms with Crippen molar-refractivity contribution in [2.45, 2.75) is 55.3 Å². The Bertz CT molecular complexity index is 961. The lowest BCUT2D eigenvalue weighted by Gasteiger charge is -2.38. The summed E-state index contributed by atoms with van der Waals surface area (Å²) in [6.07, 6.45) is 2.59. The molecule has 0 fully saturated rings. The molecule has 0 aliphatic rings. The van der Waals surface area contributed by atoms with E-state index in [-0.39, 0.29) is 23.2 Å². The first-order valence-corrected chi connectivity index (χ1v) is 11.8. The molecule has 0 spiro atoms. The van der Waals surface area contributed by atoms with Crippen molar-refractivity contribution < 1.29 is 4.79 Å². The second kappa shape index (κ2) is 11.4. The summed E-state index contributed by atoms with van der Waals surface area (Å²) in [4.78, 5) is 16.5. The van der Waals surface area contributed by atoms with Crippen LogP contribution in [0.4, 0.5) is 0 Å². The SMILES string of the molecule is CC(CCc1ccccc1)N(C(=O)c1ccccc1)C(C)C(S)Cc1ccccc1S. The second-order valence-electron chi connectivity index (χ2n) is 8.09. The van der Waals surface area contributed by atoms with E-state index in [9.17, 15) is 4.79 Å². The smallest absolute Gasteiger partial charge is 0.254 e. The third-order valence-corrected chi connectivity index (χ3v) is 6.89. The maximum atomic E-state index is 13.5. The van der Waals surface area contributed by atoms with Crippen LogP contribution in [0.2, 0.25) is 0 Å². The molecule has 0 aliphatic heterocycles. The fraction of sp³-hybridized carbons (Fsp3) is 0.296. The number of aryl methyl sites for hydroxylation is 1. The topological polar surface area (TPSA) is 20.3 Å². The summed E-state index contributed by atoms with van der Waals surface area (Å²) in [6, 6.07) is 28.1. The minimum absolute atomic E-state index is 0.000127. The molecule has 0 N–H and O–H groups in total. The average Bonchev–Trinajstić information content (AvgIpc) is 2.80. The van der Waals surface area contributed by atoms with Gasteiger partial charge >= 0.3 is 0 Å². The molecule has 3 aromatic carbocycles. The van der Waals surface area contributed by atoms with Crippen molar-refractivity contribution in [3.05, 3.63) is 102 Å². The molecule has 0 heterocycles. The van der Waals surface area contributed by atoms with Crippen molar-refractivity contribution >= 4 is 31.2 Å². The summed E-state index contributed by atoms with van der Waals surface area (Å²) in [5, 5.41) is 0.000127. The Hall–Kier alpha value is -2.17. The molecule has 3 rings (SSSR count). The zero-order valence-corrected chi connectivity index (χ0v) is 20.0. The first-order valence-electron chi connectivity index (χ1n) is 10.8. The molecule has 1 amide bonds. The number of nitrogens with zero attached hydrogens (tertiary/aromatic N) is 1. The van der Waals surface area contributed by atoms with Crippen molar-refractivity contribution in [1.82, 2.24) is 4.90 Å². The quantitative estimate of drug-likeness (QED) is 0.364. The lowest BCUT2D eigenvalue weighted by atomic mass is 9.99. The number of amides is 1. The van der Waals surface area contributed by atoms with E-state index in [1.54, 1.807) is 0 Å². The van der Waals surface area contributed by atoms with E-state index in [0.717, 1.165) is 35.3 Å². The van der Waals surface area contributed by atoms with Gasteiger partial charge in [0.05, 0.1) is 0 Å². The van der Waals surface area contributed by atoms with Gasteiger partial charge in [-0.15, -0.1) is 12.6 Å².